The van der Waals surface area contributed by atoms with E-state index in [1.165, 1.54) is 6.42 Å². The molecule has 0 radical (unpaired) electrons. The Hall–Kier alpha value is -2.20. The average Bonchev–Trinajstić information content (AvgIpc) is 2.56. The maximum atomic E-state index is 12.3. The number of likely N-dealkylation sites (tertiary alicyclic amines) is 1. The van der Waals surface area contributed by atoms with Gasteiger partial charge in [0.1, 0.15) is 5.69 Å². The lowest BCUT2D eigenvalue weighted by molar-refractivity contribution is 0.102. The molecule has 0 saturated carbocycles. The molecule has 1 atom stereocenters. The maximum Gasteiger partial charge on any atom is 0.274 e. The predicted octanol–water partition coefficient (Wildman–Crippen LogP) is 3.14. The number of benzene rings is 1. The van der Waals surface area contributed by atoms with Gasteiger partial charge in [0.05, 0.1) is 0 Å². The standard InChI is InChI=1S/C18H21N3O/c1-21-12-6-7-14(13-21)16-10-5-11-17(20-16)18(22)19-15-8-3-2-4-9-15/h2-5,8-11,14H,6-7,12-13H2,1H3,(H,19,22). The summed E-state index contributed by atoms with van der Waals surface area (Å²) in [6.45, 7) is 2.15. The first-order chi connectivity index (χ1) is 10.7. The molecule has 1 saturated heterocycles. The van der Waals surface area contributed by atoms with Crippen molar-refractivity contribution in [3.63, 3.8) is 0 Å². The van der Waals surface area contributed by atoms with Crippen LogP contribution in [0.3, 0.4) is 0 Å². The van der Waals surface area contributed by atoms with E-state index in [4.69, 9.17) is 0 Å². The number of nitrogens with one attached hydrogen (secondary N) is 1. The molecule has 0 spiro atoms. The van der Waals surface area contributed by atoms with E-state index >= 15 is 0 Å². The number of hydrogen-bond acceptors (Lipinski definition) is 3. The number of para-hydroxylation sites is 1. The monoisotopic (exact) mass is 295 g/mol. The minimum absolute atomic E-state index is 0.155. The van der Waals surface area contributed by atoms with E-state index in [1.54, 1.807) is 6.07 Å². The molecule has 2 aromatic rings. The van der Waals surface area contributed by atoms with Gasteiger partial charge in [-0.3, -0.25) is 4.79 Å². The third-order valence-corrected chi connectivity index (χ3v) is 4.08. The van der Waals surface area contributed by atoms with E-state index in [0.29, 0.717) is 11.6 Å². The van der Waals surface area contributed by atoms with Crippen molar-refractivity contribution in [1.82, 2.24) is 9.88 Å². The Morgan fingerprint density at radius 2 is 2.00 bits per heavy atom. The highest BCUT2D eigenvalue weighted by Crippen LogP contribution is 2.24. The molecule has 4 nitrogen and oxygen atoms in total. The molecule has 0 aliphatic carbocycles. The van der Waals surface area contributed by atoms with Crippen LogP contribution in [0.25, 0.3) is 0 Å². The van der Waals surface area contributed by atoms with Gasteiger partial charge in [-0.15, -0.1) is 0 Å². The fourth-order valence-electron chi connectivity index (χ4n) is 2.93. The average molecular weight is 295 g/mol. The molecule has 1 fully saturated rings. The first-order valence-corrected chi connectivity index (χ1v) is 7.74. The van der Waals surface area contributed by atoms with Gasteiger partial charge in [-0.2, -0.15) is 0 Å². The Labute approximate surface area is 131 Å². The van der Waals surface area contributed by atoms with Crippen LogP contribution in [0.15, 0.2) is 48.5 Å². The SMILES string of the molecule is CN1CCCC(c2cccc(C(=O)Nc3ccccc3)n2)C1. The van der Waals surface area contributed by atoms with Crippen LogP contribution in [-0.4, -0.2) is 35.9 Å². The number of hydrogen-bond donors (Lipinski definition) is 1. The molecule has 1 aliphatic heterocycles. The summed E-state index contributed by atoms with van der Waals surface area (Å²) < 4.78 is 0. The lowest BCUT2D eigenvalue weighted by Crippen LogP contribution is -2.31. The number of carbonyl (C=O) groups excluding carboxylic acids is 1. The lowest BCUT2D eigenvalue weighted by atomic mass is 9.94. The van der Waals surface area contributed by atoms with Gasteiger partial charge in [0.2, 0.25) is 0 Å². The molecule has 114 valence electrons. The zero-order valence-corrected chi connectivity index (χ0v) is 12.8. The number of rotatable bonds is 3. The van der Waals surface area contributed by atoms with E-state index in [2.05, 4.69) is 22.2 Å². The van der Waals surface area contributed by atoms with Crippen molar-refractivity contribution >= 4 is 11.6 Å². The van der Waals surface area contributed by atoms with Gasteiger partial charge >= 0.3 is 0 Å². The number of pyridine rings is 1. The minimum atomic E-state index is -0.155. The normalized spacial score (nSPS) is 18.9. The first kappa shape index (κ1) is 14.7. The molecule has 22 heavy (non-hydrogen) atoms. The summed E-state index contributed by atoms with van der Waals surface area (Å²) >= 11 is 0. The lowest BCUT2D eigenvalue weighted by Gasteiger charge is -2.29. The number of anilines is 1. The third kappa shape index (κ3) is 3.52. The summed E-state index contributed by atoms with van der Waals surface area (Å²) in [5.74, 6) is 0.264. The smallest absolute Gasteiger partial charge is 0.274 e. The molecular formula is C18H21N3O. The molecule has 3 rings (SSSR count). The second-order valence-electron chi connectivity index (χ2n) is 5.87. The fraction of sp³-hybridized carbons (Fsp3) is 0.333. The zero-order chi connectivity index (χ0) is 15.4. The van der Waals surface area contributed by atoms with Crippen LogP contribution >= 0.6 is 0 Å². The number of nitrogens with zero attached hydrogens (tertiary/aromatic N) is 2. The molecular weight excluding hydrogens is 274 g/mol. The summed E-state index contributed by atoms with van der Waals surface area (Å²) in [7, 11) is 2.14. The maximum absolute atomic E-state index is 12.3. The number of likely N-dealkylation sites (N-methyl/N-ethyl adjacent to an activating group) is 1. The molecule has 1 N–H and O–H groups in total. The highest BCUT2D eigenvalue weighted by atomic mass is 16.1. The van der Waals surface area contributed by atoms with E-state index < -0.39 is 0 Å². The minimum Gasteiger partial charge on any atom is -0.321 e. The fourth-order valence-corrected chi connectivity index (χ4v) is 2.93. The van der Waals surface area contributed by atoms with Gasteiger partial charge in [-0.1, -0.05) is 24.3 Å². The molecule has 4 heteroatoms. The van der Waals surface area contributed by atoms with E-state index in [9.17, 15) is 4.79 Å². The van der Waals surface area contributed by atoms with Gasteiger partial charge in [0.25, 0.3) is 5.91 Å². The Bertz CT molecular complexity index is 642. The molecule has 2 heterocycles. The van der Waals surface area contributed by atoms with Crippen molar-refractivity contribution in [2.45, 2.75) is 18.8 Å². The number of carbonyl (C=O) groups is 1. The number of amides is 1. The van der Waals surface area contributed by atoms with Crippen molar-refractivity contribution in [3.05, 3.63) is 59.9 Å². The number of piperidine rings is 1. The van der Waals surface area contributed by atoms with Crippen molar-refractivity contribution in [2.24, 2.45) is 0 Å². The Morgan fingerprint density at radius 3 is 2.77 bits per heavy atom. The molecule has 1 aliphatic rings. The van der Waals surface area contributed by atoms with Gasteiger partial charge in [-0.25, -0.2) is 4.98 Å². The summed E-state index contributed by atoms with van der Waals surface area (Å²) in [5, 5.41) is 2.89. The van der Waals surface area contributed by atoms with Crippen LogP contribution in [0.2, 0.25) is 0 Å². The van der Waals surface area contributed by atoms with Crippen LogP contribution in [0, 0.1) is 0 Å². The van der Waals surface area contributed by atoms with Crippen molar-refractivity contribution in [2.75, 3.05) is 25.5 Å². The van der Waals surface area contributed by atoms with Crippen LogP contribution < -0.4 is 5.32 Å². The number of aromatic nitrogens is 1. The molecule has 1 amide bonds. The molecule has 1 aromatic carbocycles. The highest BCUT2D eigenvalue weighted by Gasteiger charge is 2.21. The van der Waals surface area contributed by atoms with Gasteiger partial charge in [0.15, 0.2) is 0 Å². The first-order valence-electron chi connectivity index (χ1n) is 7.74. The van der Waals surface area contributed by atoms with Gasteiger partial charge in [0, 0.05) is 23.8 Å². The van der Waals surface area contributed by atoms with Crippen LogP contribution in [-0.2, 0) is 0 Å². The Balaban J connectivity index is 1.74. The van der Waals surface area contributed by atoms with Crippen molar-refractivity contribution in [1.29, 1.82) is 0 Å². The highest BCUT2D eigenvalue weighted by molar-refractivity contribution is 6.02. The Morgan fingerprint density at radius 1 is 1.18 bits per heavy atom. The molecule has 1 unspecified atom stereocenters. The summed E-state index contributed by atoms with van der Waals surface area (Å²) in [6, 6.07) is 15.2. The quantitative estimate of drug-likeness (QED) is 0.946. The van der Waals surface area contributed by atoms with E-state index in [0.717, 1.165) is 30.9 Å². The second kappa shape index (κ2) is 6.71. The van der Waals surface area contributed by atoms with Crippen LogP contribution in [0.5, 0.6) is 0 Å². The summed E-state index contributed by atoms with van der Waals surface area (Å²) in [4.78, 5) is 19.2. The summed E-state index contributed by atoms with van der Waals surface area (Å²) in [6.07, 6.45) is 2.32. The largest absolute Gasteiger partial charge is 0.321 e. The van der Waals surface area contributed by atoms with Crippen LogP contribution in [0.1, 0.15) is 34.9 Å². The van der Waals surface area contributed by atoms with Gasteiger partial charge in [-0.05, 0) is 50.7 Å². The van der Waals surface area contributed by atoms with E-state index in [1.807, 2.05) is 42.5 Å². The predicted molar refractivity (Wildman–Crippen MR) is 88.1 cm³/mol. The molecule has 1 aromatic heterocycles. The third-order valence-electron chi connectivity index (χ3n) is 4.08. The summed E-state index contributed by atoms with van der Waals surface area (Å²) in [5.41, 5.74) is 2.29. The topological polar surface area (TPSA) is 45.2 Å². The Kier molecular flexibility index (Phi) is 4.49. The second-order valence-corrected chi connectivity index (χ2v) is 5.87. The zero-order valence-electron chi connectivity index (χ0n) is 12.8. The molecule has 0 bridgehead atoms. The van der Waals surface area contributed by atoms with Crippen molar-refractivity contribution < 1.29 is 4.79 Å². The van der Waals surface area contributed by atoms with Gasteiger partial charge < -0.3 is 10.2 Å². The van der Waals surface area contributed by atoms with E-state index in [-0.39, 0.29) is 5.91 Å². The van der Waals surface area contributed by atoms with Crippen LogP contribution in [0.4, 0.5) is 5.69 Å². The van der Waals surface area contributed by atoms with Crippen molar-refractivity contribution in [3.8, 4) is 0 Å².